The molecule has 2 fully saturated rings. The molecular weight excluding hydrogens is 306 g/mol. The van der Waals surface area contributed by atoms with E-state index in [4.69, 9.17) is 0 Å². The molecule has 4 amide bonds. The number of urea groups is 1. The van der Waals surface area contributed by atoms with Crippen molar-refractivity contribution in [1.29, 1.82) is 0 Å². The Morgan fingerprint density at radius 2 is 1.75 bits per heavy atom. The summed E-state index contributed by atoms with van der Waals surface area (Å²) in [5.74, 6) is -1.34. The van der Waals surface area contributed by atoms with Crippen LogP contribution >= 0.6 is 0 Å². The summed E-state index contributed by atoms with van der Waals surface area (Å²) in [6.45, 7) is 2.95. The fraction of sp³-hybridized carbons (Fsp3) is 0.500. The number of amides is 4. The van der Waals surface area contributed by atoms with Gasteiger partial charge in [0.25, 0.3) is 0 Å². The molecule has 6 nitrogen and oxygen atoms in total. The van der Waals surface area contributed by atoms with Crippen LogP contribution in [0.3, 0.4) is 0 Å². The van der Waals surface area contributed by atoms with E-state index in [-0.39, 0.29) is 12.7 Å². The molecule has 1 heterocycles. The largest absolute Gasteiger partial charge is 0.338 e. The second-order valence-electron chi connectivity index (χ2n) is 6.85. The van der Waals surface area contributed by atoms with Crippen molar-refractivity contribution >= 4 is 17.8 Å². The zero-order valence-corrected chi connectivity index (χ0v) is 14.2. The maximum atomic E-state index is 12.6. The van der Waals surface area contributed by atoms with Crippen LogP contribution in [0.5, 0.6) is 0 Å². The number of rotatable bonds is 5. The van der Waals surface area contributed by atoms with Gasteiger partial charge in [-0.05, 0) is 25.3 Å². The van der Waals surface area contributed by atoms with Crippen molar-refractivity contribution in [2.45, 2.75) is 45.2 Å². The Bertz CT molecular complexity index is 667. The molecule has 3 rings (SSSR count). The van der Waals surface area contributed by atoms with Gasteiger partial charge in [-0.25, -0.2) is 9.69 Å². The molecule has 24 heavy (non-hydrogen) atoms. The topological polar surface area (TPSA) is 62.1 Å². The summed E-state index contributed by atoms with van der Waals surface area (Å²) in [6.07, 6.45) is 3.64. The summed E-state index contributed by atoms with van der Waals surface area (Å²) < 4.78 is 0. The van der Waals surface area contributed by atoms with Crippen LogP contribution in [0, 0.1) is 6.92 Å². The van der Waals surface area contributed by atoms with Gasteiger partial charge < -0.3 is 4.90 Å². The van der Waals surface area contributed by atoms with Crippen LogP contribution in [0.15, 0.2) is 24.3 Å². The Morgan fingerprint density at radius 1 is 1.08 bits per heavy atom. The number of quaternary nitrogens is 1. The third-order valence-corrected chi connectivity index (χ3v) is 4.96. The minimum absolute atomic E-state index is 0.101. The van der Waals surface area contributed by atoms with Crippen LogP contribution in [-0.2, 0) is 16.1 Å². The van der Waals surface area contributed by atoms with Crippen molar-refractivity contribution in [3.8, 4) is 0 Å². The summed E-state index contributed by atoms with van der Waals surface area (Å²) in [5.41, 5.74) is 2.35. The van der Waals surface area contributed by atoms with Gasteiger partial charge in [0.2, 0.25) is 0 Å². The highest BCUT2D eigenvalue weighted by Crippen LogP contribution is 2.27. The zero-order chi connectivity index (χ0) is 17.3. The van der Waals surface area contributed by atoms with Crippen molar-refractivity contribution < 1.29 is 19.3 Å². The minimum atomic E-state index is -0.684. The van der Waals surface area contributed by atoms with Gasteiger partial charge in [0.15, 0.2) is 6.67 Å². The molecular formula is C18H24N3O3+. The van der Waals surface area contributed by atoms with E-state index in [0.29, 0.717) is 6.54 Å². The lowest BCUT2D eigenvalue weighted by Gasteiger charge is -2.23. The van der Waals surface area contributed by atoms with Gasteiger partial charge in [0.05, 0.1) is 7.05 Å². The number of hydrogen-bond donors (Lipinski definition) is 1. The smallest absolute Gasteiger partial charge is 0.316 e. The molecule has 0 radical (unpaired) electrons. The molecule has 1 aromatic rings. The van der Waals surface area contributed by atoms with Crippen LogP contribution in [0.4, 0.5) is 4.79 Å². The second-order valence-corrected chi connectivity index (χ2v) is 6.85. The van der Waals surface area contributed by atoms with Crippen molar-refractivity contribution in [1.82, 2.24) is 9.80 Å². The Morgan fingerprint density at radius 3 is 2.42 bits per heavy atom. The highest BCUT2D eigenvalue weighted by molar-refractivity contribution is 6.44. The zero-order valence-electron chi connectivity index (χ0n) is 14.2. The molecule has 1 aliphatic heterocycles. The molecule has 0 spiro atoms. The number of aryl methyl sites for hydroxylation is 1. The molecule has 1 saturated carbocycles. The monoisotopic (exact) mass is 330 g/mol. The second kappa shape index (κ2) is 6.73. The first-order valence-corrected chi connectivity index (χ1v) is 8.54. The molecule has 128 valence electrons. The van der Waals surface area contributed by atoms with Gasteiger partial charge in [0, 0.05) is 11.6 Å². The molecule has 1 aromatic carbocycles. The summed E-state index contributed by atoms with van der Waals surface area (Å²) in [6, 6.07) is 7.51. The van der Waals surface area contributed by atoms with Crippen LogP contribution in [-0.4, -0.2) is 47.4 Å². The third kappa shape index (κ3) is 3.06. The number of hydrogen-bond acceptors (Lipinski definition) is 3. The van der Waals surface area contributed by atoms with Crippen molar-refractivity contribution in [2.75, 3.05) is 13.7 Å². The average molecular weight is 330 g/mol. The van der Waals surface area contributed by atoms with Gasteiger partial charge in [-0.2, -0.15) is 0 Å². The summed E-state index contributed by atoms with van der Waals surface area (Å²) in [5, 5.41) is 0. The number of nitrogens with zero attached hydrogens (tertiary/aromatic N) is 2. The quantitative estimate of drug-likeness (QED) is 0.639. The first-order valence-electron chi connectivity index (χ1n) is 8.54. The standard InChI is InChI=1S/C18H23N3O3/c1-13-7-3-4-8-14(13)11-19(2)12-20-16(22)17(23)21(18(20)24)15-9-5-6-10-15/h3-4,7-8,15H,5-6,9-12H2,1-2H3/p+1. The Labute approximate surface area is 142 Å². The number of benzene rings is 1. The maximum Gasteiger partial charge on any atom is 0.338 e. The van der Waals surface area contributed by atoms with E-state index >= 15 is 0 Å². The third-order valence-electron chi connectivity index (χ3n) is 4.96. The molecule has 1 aliphatic carbocycles. The molecule has 1 N–H and O–H groups in total. The Balaban J connectivity index is 1.68. The van der Waals surface area contributed by atoms with E-state index in [1.807, 2.05) is 38.2 Å². The molecule has 0 aromatic heterocycles. The minimum Gasteiger partial charge on any atom is -0.316 e. The van der Waals surface area contributed by atoms with Crippen LogP contribution in [0.2, 0.25) is 0 Å². The number of imide groups is 2. The predicted octanol–water partition coefficient (Wildman–Crippen LogP) is 0.701. The number of carbonyl (C=O) groups excluding carboxylic acids is 3. The first kappa shape index (κ1) is 16.6. The van der Waals surface area contributed by atoms with Crippen molar-refractivity contribution in [3.63, 3.8) is 0 Å². The van der Waals surface area contributed by atoms with E-state index in [1.54, 1.807) is 0 Å². The van der Waals surface area contributed by atoms with Gasteiger partial charge in [0.1, 0.15) is 6.54 Å². The van der Waals surface area contributed by atoms with Gasteiger partial charge in [-0.3, -0.25) is 14.5 Å². The van der Waals surface area contributed by atoms with Crippen molar-refractivity contribution in [2.24, 2.45) is 0 Å². The van der Waals surface area contributed by atoms with Gasteiger partial charge in [-0.15, -0.1) is 0 Å². The lowest BCUT2D eigenvalue weighted by atomic mass is 10.1. The number of nitrogens with one attached hydrogen (secondary N) is 1. The van der Waals surface area contributed by atoms with Crippen LogP contribution in [0.1, 0.15) is 36.8 Å². The van der Waals surface area contributed by atoms with E-state index in [9.17, 15) is 14.4 Å². The average Bonchev–Trinajstić information content (AvgIpc) is 3.14. The molecule has 1 atom stereocenters. The van der Waals surface area contributed by atoms with Crippen molar-refractivity contribution in [3.05, 3.63) is 35.4 Å². The fourth-order valence-corrected chi connectivity index (χ4v) is 3.61. The molecule has 1 unspecified atom stereocenters. The molecule has 1 saturated heterocycles. The van der Waals surface area contributed by atoms with E-state index < -0.39 is 17.8 Å². The van der Waals surface area contributed by atoms with Crippen LogP contribution < -0.4 is 4.90 Å². The lowest BCUT2D eigenvalue weighted by Crippen LogP contribution is -3.09. The maximum absolute atomic E-state index is 12.6. The summed E-state index contributed by atoms with van der Waals surface area (Å²) >= 11 is 0. The normalized spacial score (nSPS) is 20.3. The van der Waals surface area contributed by atoms with E-state index in [1.165, 1.54) is 16.0 Å². The van der Waals surface area contributed by atoms with Crippen LogP contribution in [0.25, 0.3) is 0 Å². The molecule has 0 bridgehead atoms. The highest BCUT2D eigenvalue weighted by atomic mass is 16.2. The predicted molar refractivity (Wildman–Crippen MR) is 88.0 cm³/mol. The number of carbonyl (C=O) groups is 3. The Kier molecular flexibility index (Phi) is 4.66. The summed E-state index contributed by atoms with van der Waals surface area (Å²) in [7, 11) is 1.93. The summed E-state index contributed by atoms with van der Waals surface area (Å²) in [4.78, 5) is 40.3. The van der Waals surface area contributed by atoms with Gasteiger partial charge in [-0.1, -0.05) is 37.1 Å². The van der Waals surface area contributed by atoms with E-state index in [2.05, 4.69) is 0 Å². The lowest BCUT2D eigenvalue weighted by molar-refractivity contribution is -0.901. The molecule has 6 heteroatoms. The van der Waals surface area contributed by atoms with Gasteiger partial charge >= 0.3 is 17.8 Å². The Hall–Kier alpha value is -2.21. The SMILES string of the molecule is Cc1ccccc1C[NH+](C)CN1C(=O)C(=O)N(C2CCCC2)C1=O. The first-order chi connectivity index (χ1) is 11.5. The fourth-order valence-electron chi connectivity index (χ4n) is 3.61. The molecule has 2 aliphatic rings. The highest BCUT2D eigenvalue weighted by Gasteiger charge is 2.49. The van der Waals surface area contributed by atoms with E-state index in [0.717, 1.165) is 35.5 Å².